The minimum absolute atomic E-state index is 0.0136. The standard InChI is InChI=1S/C19H16ClFN4O2S2/c20-14-8-12(21)4-3-11(14)10-29-19-23-22-18-24(9-13-2-1-6-27-13)17(26)16-15(25(18)19)5-7-28-16/h3-5,7-8,13H,1-2,6,9-10H2/t13-/m1/s1. The summed E-state index contributed by atoms with van der Waals surface area (Å²) in [6.45, 7) is 1.19. The molecule has 150 valence electrons. The Kier molecular flexibility index (Phi) is 5.07. The fourth-order valence-corrected chi connectivity index (χ4v) is 5.61. The Hall–Kier alpha value is -1.94. The number of halogens is 2. The van der Waals surface area contributed by atoms with E-state index in [1.54, 1.807) is 10.6 Å². The molecule has 4 aromatic rings. The highest BCUT2D eigenvalue weighted by Gasteiger charge is 2.22. The first-order chi connectivity index (χ1) is 14.1. The van der Waals surface area contributed by atoms with Gasteiger partial charge in [-0.15, -0.1) is 21.5 Å². The smallest absolute Gasteiger partial charge is 0.272 e. The van der Waals surface area contributed by atoms with Gasteiger partial charge in [-0.2, -0.15) is 0 Å². The van der Waals surface area contributed by atoms with E-state index in [4.69, 9.17) is 16.3 Å². The SMILES string of the molecule is O=c1c2sccc2n2c(SCc3ccc(F)cc3Cl)nnc2n1C[C@H]1CCCO1. The van der Waals surface area contributed by atoms with Gasteiger partial charge in [-0.25, -0.2) is 4.39 Å². The first kappa shape index (κ1) is 19.0. The van der Waals surface area contributed by atoms with E-state index in [9.17, 15) is 9.18 Å². The van der Waals surface area contributed by atoms with Crippen LogP contribution in [0.15, 0.2) is 39.6 Å². The molecule has 1 fully saturated rings. The lowest BCUT2D eigenvalue weighted by molar-refractivity contribution is 0.0969. The number of benzene rings is 1. The second-order valence-corrected chi connectivity index (χ2v) is 9.09. The first-order valence-corrected chi connectivity index (χ1v) is 11.4. The Bertz CT molecular complexity index is 1260. The van der Waals surface area contributed by atoms with Crippen LogP contribution in [0.2, 0.25) is 5.02 Å². The highest BCUT2D eigenvalue weighted by molar-refractivity contribution is 7.98. The maximum Gasteiger partial charge on any atom is 0.272 e. The van der Waals surface area contributed by atoms with Gasteiger partial charge in [0, 0.05) is 17.4 Å². The second kappa shape index (κ2) is 7.71. The van der Waals surface area contributed by atoms with E-state index in [0.29, 0.717) is 33.0 Å². The highest BCUT2D eigenvalue weighted by Crippen LogP contribution is 2.29. The van der Waals surface area contributed by atoms with Crippen molar-refractivity contribution < 1.29 is 9.13 Å². The van der Waals surface area contributed by atoms with Crippen molar-refractivity contribution >= 4 is 50.7 Å². The average Bonchev–Trinajstić information content (AvgIpc) is 3.44. The van der Waals surface area contributed by atoms with Gasteiger partial charge in [-0.3, -0.25) is 13.8 Å². The third-order valence-electron chi connectivity index (χ3n) is 4.96. The molecule has 10 heteroatoms. The number of thiophene rings is 1. The van der Waals surface area contributed by atoms with E-state index in [2.05, 4.69) is 10.2 Å². The lowest BCUT2D eigenvalue weighted by Crippen LogP contribution is -2.28. The van der Waals surface area contributed by atoms with Crippen molar-refractivity contribution in [1.82, 2.24) is 19.2 Å². The van der Waals surface area contributed by atoms with Crippen molar-refractivity contribution in [2.75, 3.05) is 6.61 Å². The number of nitrogens with zero attached hydrogens (tertiary/aromatic N) is 4. The lowest BCUT2D eigenvalue weighted by atomic mass is 10.2. The van der Waals surface area contributed by atoms with Crippen molar-refractivity contribution in [3.63, 3.8) is 0 Å². The predicted molar refractivity (Wildman–Crippen MR) is 113 cm³/mol. The zero-order valence-electron chi connectivity index (χ0n) is 15.2. The molecule has 0 bridgehead atoms. The molecule has 4 heterocycles. The normalized spacial score (nSPS) is 17.0. The van der Waals surface area contributed by atoms with Crippen molar-refractivity contribution in [2.24, 2.45) is 0 Å². The van der Waals surface area contributed by atoms with E-state index in [-0.39, 0.29) is 17.5 Å². The molecular formula is C19H16ClFN4O2S2. The molecule has 1 saturated heterocycles. The molecule has 1 aliphatic heterocycles. The van der Waals surface area contributed by atoms with Gasteiger partial charge < -0.3 is 4.74 Å². The van der Waals surface area contributed by atoms with Gasteiger partial charge in [0.05, 0.1) is 18.2 Å². The van der Waals surface area contributed by atoms with Crippen LogP contribution < -0.4 is 5.56 Å². The van der Waals surface area contributed by atoms with E-state index >= 15 is 0 Å². The number of aromatic nitrogens is 4. The summed E-state index contributed by atoms with van der Waals surface area (Å²) in [5, 5.41) is 11.6. The van der Waals surface area contributed by atoms with Crippen LogP contribution in [0.4, 0.5) is 4.39 Å². The van der Waals surface area contributed by atoms with Gasteiger partial charge in [0.2, 0.25) is 5.78 Å². The van der Waals surface area contributed by atoms with Crippen molar-refractivity contribution in [3.05, 3.63) is 56.4 Å². The molecule has 0 radical (unpaired) electrons. The van der Waals surface area contributed by atoms with E-state index in [1.807, 2.05) is 15.8 Å². The molecule has 1 atom stereocenters. The topological polar surface area (TPSA) is 61.4 Å². The van der Waals surface area contributed by atoms with Crippen LogP contribution >= 0.6 is 34.7 Å². The van der Waals surface area contributed by atoms with Crippen LogP contribution in [-0.2, 0) is 17.0 Å². The Morgan fingerprint density at radius 1 is 1.34 bits per heavy atom. The van der Waals surface area contributed by atoms with E-state index in [1.165, 1.54) is 35.2 Å². The van der Waals surface area contributed by atoms with Gasteiger partial charge in [0.25, 0.3) is 5.56 Å². The molecule has 3 aromatic heterocycles. The number of hydrogen-bond acceptors (Lipinski definition) is 6. The number of ether oxygens (including phenoxy) is 1. The van der Waals surface area contributed by atoms with E-state index < -0.39 is 0 Å². The summed E-state index contributed by atoms with van der Waals surface area (Å²) < 4.78 is 23.3. The lowest BCUT2D eigenvalue weighted by Gasteiger charge is -2.13. The van der Waals surface area contributed by atoms with Gasteiger partial charge in [-0.05, 0) is 42.0 Å². The molecule has 6 nitrogen and oxygen atoms in total. The van der Waals surface area contributed by atoms with Gasteiger partial charge >= 0.3 is 0 Å². The third-order valence-corrected chi connectivity index (χ3v) is 7.19. The molecule has 0 spiro atoms. The maximum atomic E-state index is 13.3. The van der Waals surface area contributed by atoms with Gasteiger partial charge in [0.1, 0.15) is 10.5 Å². The number of hydrogen-bond donors (Lipinski definition) is 0. The molecule has 5 rings (SSSR count). The van der Waals surface area contributed by atoms with Crippen LogP contribution in [0.1, 0.15) is 18.4 Å². The minimum Gasteiger partial charge on any atom is -0.376 e. The quantitative estimate of drug-likeness (QED) is 0.422. The number of rotatable bonds is 5. The van der Waals surface area contributed by atoms with E-state index in [0.717, 1.165) is 30.5 Å². The van der Waals surface area contributed by atoms with Crippen molar-refractivity contribution in [1.29, 1.82) is 0 Å². The zero-order valence-corrected chi connectivity index (χ0v) is 17.6. The Morgan fingerprint density at radius 2 is 2.24 bits per heavy atom. The van der Waals surface area contributed by atoms with Gasteiger partial charge in [0.15, 0.2) is 5.16 Å². The monoisotopic (exact) mass is 450 g/mol. The van der Waals surface area contributed by atoms with Crippen LogP contribution in [0.3, 0.4) is 0 Å². The minimum atomic E-state index is -0.366. The average molecular weight is 451 g/mol. The summed E-state index contributed by atoms with van der Waals surface area (Å²) in [4.78, 5) is 13.0. The first-order valence-electron chi connectivity index (χ1n) is 9.15. The predicted octanol–water partition coefficient (Wildman–Crippen LogP) is 4.37. The largest absolute Gasteiger partial charge is 0.376 e. The number of fused-ring (bicyclic) bond motifs is 3. The molecule has 1 aromatic carbocycles. The van der Waals surface area contributed by atoms with Crippen LogP contribution in [0.25, 0.3) is 16.0 Å². The third kappa shape index (κ3) is 3.46. The molecule has 0 saturated carbocycles. The second-order valence-electron chi connectivity index (χ2n) is 6.83. The maximum absolute atomic E-state index is 13.3. The fourth-order valence-electron chi connectivity index (χ4n) is 3.53. The summed E-state index contributed by atoms with van der Waals surface area (Å²) in [6, 6.07) is 6.26. The molecule has 0 aliphatic carbocycles. The summed E-state index contributed by atoms with van der Waals surface area (Å²) in [6.07, 6.45) is 1.95. The zero-order chi connectivity index (χ0) is 20.0. The van der Waals surface area contributed by atoms with Crippen LogP contribution in [-0.4, -0.2) is 31.9 Å². The molecule has 0 unspecified atom stereocenters. The van der Waals surface area contributed by atoms with Crippen LogP contribution in [0, 0.1) is 5.82 Å². The van der Waals surface area contributed by atoms with Crippen molar-refractivity contribution in [2.45, 2.75) is 36.4 Å². The molecule has 29 heavy (non-hydrogen) atoms. The molecule has 0 amide bonds. The summed E-state index contributed by atoms with van der Waals surface area (Å²) in [7, 11) is 0. The fraction of sp³-hybridized carbons (Fsp3) is 0.316. The van der Waals surface area contributed by atoms with Gasteiger partial charge in [-0.1, -0.05) is 29.4 Å². The van der Waals surface area contributed by atoms with Crippen LogP contribution in [0.5, 0.6) is 0 Å². The Morgan fingerprint density at radius 3 is 3.03 bits per heavy atom. The molecule has 0 N–H and O–H groups in total. The highest BCUT2D eigenvalue weighted by atomic mass is 35.5. The Labute approximate surface area is 178 Å². The molecular weight excluding hydrogens is 435 g/mol. The summed E-state index contributed by atoms with van der Waals surface area (Å²) >= 11 is 9.01. The summed E-state index contributed by atoms with van der Waals surface area (Å²) in [5.74, 6) is 0.648. The molecule has 1 aliphatic rings. The Balaban J connectivity index is 1.56. The summed E-state index contributed by atoms with van der Waals surface area (Å²) in [5.41, 5.74) is 1.53. The van der Waals surface area contributed by atoms with Crippen molar-refractivity contribution in [3.8, 4) is 0 Å². The number of thioether (sulfide) groups is 1.